The van der Waals surface area contributed by atoms with E-state index in [9.17, 15) is 19.1 Å². The van der Waals surface area contributed by atoms with Crippen molar-refractivity contribution in [3.05, 3.63) is 34.1 Å². The van der Waals surface area contributed by atoms with Gasteiger partial charge in [0, 0.05) is 37.1 Å². The molecule has 0 saturated carbocycles. The van der Waals surface area contributed by atoms with Crippen molar-refractivity contribution < 1.29 is 19.1 Å². The molecule has 0 unspecified atom stereocenters. The molecule has 5 nitrogen and oxygen atoms in total. The maximum absolute atomic E-state index is 13.8. The van der Waals surface area contributed by atoms with Crippen LogP contribution >= 0.6 is 15.9 Å². The Kier molecular flexibility index (Phi) is 4.95. The number of hydrogen-bond acceptors (Lipinski definition) is 3. The van der Waals surface area contributed by atoms with Gasteiger partial charge in [-0.15, -0.1) is 0 Å². The average Bonchev–Trinajstić information content (AvgIpc) is 2.90. The molecule has 21 heavy (non-hydrogen) atoms. The van der Waals surface area contributed by atoms with Gasteiger partial charge in [-0.05, 0) is 18.2 Å². The summed E-state index contributed by atoms with van der Waals surface area (Å²) < 4.78 is 14.4. The van der Waals surface area contributed by atoms with E-state index in [2.05, 4.69) is 21.2 Å². The summed E-state index contributed by atoms with van der Waals surface area (Å²) in [6, 6.07) is 4.22. The second-order valence-electron chi connectivity index (χ2n) is 5.00. The summed E-state index contributed by atoms with van der Waals surface area (Å²) in [6.45, 7) is 0.229. The molecule has 1 saturated heterocycles. The van der Waals surface area contributed by atoms with Crippen LogP contribution < -0.4 is 5.32 Å². The summed E-state index contributed by atoms with van der Waals surface area (Å²) in [7, 11) is 1.51. The molecule has 1 aliphatic rings. The maximum atomic E-state index is 13.8. The van der Waals surface area contributed by atoms with Crippen molar-refractivity contribution in [3.8, 4) is 0 Å². The van der Waals surface area contributed by atoms with Gasteiger partial charge in [0.2, 0.25) is 5.91 Å². The fourth-order valence-corrected chi connectivity index (χ4v) is 2.87. The summed E-state index contributed by atoms with van der Waals surface area (Å²) in [5.41, 5.74) is -0.0348. The molecule has 1 heterocycles. The van der Waals surface area contributed by atoms with Crippen molar-refractivity contribution in [1.29, 1.82) is 0 Å². The Morgan fingerprint density at radius 3 is 2.76 bits per heavy atom. The number of carbonyl (C=O) groups excluding carboxylic acids is 2. The van der Waals surface area contributed by atoms with Gasteiger partial charge in [-0.1, -0.05) is 15.9 Å². The highest BCUT2D eigenvalue weighted by Crippen LogP contribution is 2.26. The number of benzene rings is 1. The number of nitrogens with zero attached hydrogens (tertiary/aromatic N) is 1. The Morgan fingerprint density at radius 2 is 2.19 bits per heavy atom. The molecule has 1 aromatic rings. The van der Waals surface area contributed by atoms with Crippen molar-refractivity contribution in [2.45, 2.75) is 0 Å². The molecule has 0 aliphatic carbocycles. The van der Waals surface area contributed by atoms with Crippen LogP contribution in [0, 0.1) is 17.7 Å². The Morgan fingerprint density at radius 1 is 1.48 bits per heavy atom. The zero-order valence-electron chi connectivity index (χ0n) is 11.5. The van der Waals surface area contributed by atoms with E-state index in [1.807, 2.05) is 0 Å². The Labute approximate surface area is 130 Å². The third kappa shape index (κ3) is 3.24. The molecule has 0 bridgehead atoms. The van der Waals surface area contributed by atoms with E-state index in [0.717, 1.165) is 0 Å². The van der Waals surface area contributed by atoms with Crippen molar-refractivity contribution in [1.82, 2.24) is 10.2 Å². The first-order chi connectivity index (χ1) is 9.97. The molecule has 2 N–H and O–H groups in total. The molecule has 1 aromatic carbocycles. The van der Waals surface area contributed by atoms with Gasteiger partial charge < -0.3 is 15.3 Å². The van der Waals surface area contributed by atoms with E-state index >= 15 is 0 Å². The van der Waals surface area contributed by atoms with Crippen LogP contribution in [0.1, 0.15) is 10.4 Å². The van der Waals surface area contributed by atoms with Crippen LogP contribution in [-0.2, 0) is 4.79 Å². The molecule has 7 heteroatoms. The first-order valence-electron chi connectivity index (χ1n) is 6.54. The van der Waals surface area contributed by atoms with Crippen molar-refractivity contribution in [2.75, 3.05) is 26.7 Å². The minimum atomic E-state index is -0.613. The van der Waals surface area contributed by atoms with Crippen LogP contribution in [0.2, 0.25) is 0 Å². The second kappa shape index (κ2) is 6.53. The van der Waals surface area contributed by atoms with Gasteiger partial charge in [-0.25, -0.2) is 4.39 Å². The van der Waals surface area contributed by atoms with E-state index < -0.39 is 17.6 Å². The number of hydrogen-bond donors (Lipinski definition) is 2. The first-order valence-corrected chi connectivity index (χ1v) is 7.34. The molecule has 0 aromatic heterocycles. The zero-order valence-corrected chi connectivity index (χ0v) is 13.1. The van der Waals surface area contributed by atoms with Crippen LogP contribution in [0.4, 0.5) is 4.39 Å². The average molecular weight is 359 g/mol. The van der Waals surface area contributed by atoms with Crippen LogP contribution in [-0.4, -0.2) is 48.6 Å². The van der Waals surface area contributed by atoms with Crippen LogP contribution in [0.5, 0.6) is 0 Å². The molecule has 2 atom stereocenters. The van der Waals surface area contributed by atoms with Crippen molar-refractivity contribution in [2.24, 2.45) is 11.8 Å². The molecule has 2 rings (SSSR count). The van der Waals surface area contributed by atoms with Gasteiger partial charge in [-0.3, -0.25) is 9.59 Å². The zero-order chi connectivity index (χ0) is 15.6. The number of aliphatic hydroxyl groups is 1. The molecule has 0 radical (unpaired) electrons. The number of carbonyl (C=O) groups is 2. The number of amides is 2. The molecular weight excluding hydrogens is 343 g/mol. The summed E-state index contributed by atoms with van der Waals surface area (Å²) in [5.74, 6) is -2.10. The van der Waals surface area contributed by atoms with Gasteiger partial charge in [0.25, 0.3) is 5.91 Å². The predicted octanol–water partition coefficient (Wildman–Crippen LogP) is 1.01. The fourth-order valence-electron chi connectivity index (χ4n) is 2.54. The molecule has 1 fully saturated rings. The highest BCUT2D eigenvalue weighted by atomic mass is 79.9. The van der Waals surface area contributed by atoms with E-state index in [-0.39, 0.29) is 37.1 Å². The first kappa shape index (κ1) is 15.9. The quantitative estimate of drug-likeness (QED) is 0.847. The lowest BCUT2D eigenvalue weighted by atomic mass is 9.96. The van der Waals surface area contributed by atoms with Gasteiger partial charge >= 0.3 is 0 Å². The minimum absolute atomic E-state index is 0.0348. The van der Waals surface area contributed by atoms with Gasteiger partial charge in [0.1, 0.15) is 5.82 Å². The van der Waals surface area contributed by atoms with E-state index in [1.54, 1.807) is 6.07 Å². The second-order valence-corrected chi connectivity index (χ2v) is 5.91. The predicted molar refractivity (Wildman–Crippen MR) is 78.1 cm³/mol. The summed E-state index contributed by atoms with van der Waals surface area (Å²) >= 11 is 3.14. The number of aliphatic hydroxyl groups excluding tert-OH is 1. The van der Waals surface area contributed by atoms with E-state index in [0.29, 0.717) is 4.47 Å². The van der Waals surface area contributed by atoms with E-state index in [1.165, 1.54) is 24.1 Å². The van der Waals surface area contributed by atoms with Crippen molar-refractivity contribution in [3.63, 3.8) is 0 Å². The molecular formula is C14H16BrFN2O3. The monoisotopic (exact) mass is 358 g/mol. The van der Waals surface area contributed by atoms with Gasteiger partial charge in [0.15, 0.2) is 0 Å². The van der Waals surface area contributed by atoms with Crippen LogP contribution in [0.15, 0.2) is 22.7 Å². The number of rotatable bonds is 3. The standard InChI is InChI=1S/C14H16BrFN2O3/c1-17-13(20)11-6-18(5-8(11)7-19)14(21)10-3-2-9(15)4-12(10)16/h2-4,8,11,19H,5-7H2,1H3,(H,17,20)/t8-,11+/m0/s1. The van der Waals surface area contributed by atoms with E-state index in [4.69, 9.17) is 0 Å². The third-order valence-electron chi connectivity index (χ3n) is 3.71. The maximum Gasteiger partial charge on any atom is 0.256 e. The number of likely N-dealkylation sites (tertiary alicyclic amines) is 1. The van der Waals surface area contributed by atoms with Crippen LogP contribution in [0.3, 0.4) is 0 Å². The van der Waals surface area contributed by atoms with Crippen LogP contribution in [0.25, 0.3) is 0 Å². The molecule has 1 aliphatic heterocycles. The Hall–Kier alpha value is -1.47. The molecule has 114 valence electrons. The number of nitrogens with one attached hydrogen (secondary N) is 1. The summed E-state index contributed by atoms with van der Waals surface area (Å²) in [4.78, 5) is 25.5. The van der Waals surface area contributed by atoms with Gasteiger partial charge in [0.05, 0.1) is 11.5 Å². The highest BCUT2D eigenvalue weighted by molar-refractivity contribution is 9.10. The third-order valence-corrected chi connectivity index (χ3v) is 4.20. The fraction of sp³-hybridized carbons (Fsp3) is 0.429. The topological polar surface area (TPSA) is 69.6 Å². The Bertz CT molecular complexity index is 567. The highest BCUT2D eigenvalue weighted by Gasteiger charge is 2.39. The van der Waals surface area contributed by atoms with Crippen molar-refractivity contribution >= 4 is 27.7 Å². The summed E-state index contributed by atoms with van der Waals surface area (Å²) in [5, 5.41) is 11.9. The molecule has 2 amide bonds. The Balaban J connectivity index is 2.19. The largest absolute Gasteiger partial charge is 0.396 e. The summed E-state index contributed by atoms with van der Waals surface area (Å²) in [6.07, 6.45) is 0. The molecule has 0 spiro atoms. The lowest BCUT2D eigenvalue weighted by molar-refractivity contribution is -0.125. The smallest absolute Gasteiger partial charge is 0.256 e. The minimum Gasteiger partial charge on any atom is -0.396 e. The number of halogens is 2. The van der Waals surface area contributed by atoms with Gasteiger partial charge in [-0.2, -0.15) is 0 Å². The normalized spacial score (nSPS) is 21.4. The lowest BCUT2D eigenvalue weighted by Gasteiger charge is -2.16. The lowest BCUT2D eigenvalue weighted by Crippen LogP contribution is -2.34. The SMILES string of the molecule is CNC(=O)[C@@H]1CN(C(=O)c2ccc(Br)cc2F)C[C@H]1CO.